The van der Waals surface area contributed by atoms with Gasteiger partial charge < -0.3 is 4.90 Å². The van der Waals surface area contributed by atoms with Gasteiger partial charge in [-0.15, -0.1) is 0 Å². The number of likely N-dealkylation sites (tertiary alicyclic amines) is 1. The predicted molar refractivity (Wildman–Crippen MR) is 77.2 cm³/mol. The largest absolute Gasteiger partial charge is 0.342 e. The van der Waals surface area contributed by atoms with Crippen molar-refractivity contribution in [3.63, 3.8) is 0 Å². The fraction of sp³-hybridized carbons (Fsp3) is 0.692. The highest BCUT2D eigenvalue weighted by molar-refractivity contribution is 8.13. The first kappa shape index (κ1) is 15.0. The third kappa shape index (κ3) is 3.59. The Bertz CT molecular complexity index is 464. The normalized spacial score (nSPS) is 25.9. The van der Waals surface area contributed by atoms with Crippen LogP contribution in [-0.2, 0) is 14.4 Å². The van der Waals surface area contributed by atoms with E-state index >= 15 is 0 Å². The second kappa shape index (κ2) is 6.39. The first-order chi connectivity index (χ1) is 9.47. The Morgan fingerprint density at radius 1 is 1.50 bits per heavy atom. The maximum Gasteiger partial charge on any atom is 0.248 e. The van der Waals surface area contributed by atoms with Crippen molar-refractivity contribution in [2.24, 2.45) is 16.9 Å². The molecule has 2 rings (SSSR count). The molecule has 0 bridgehead atoms. The van der Waals surface area contributed by atoms with Crippen molar-refractivity contribution in [1.82, 2.24) is 10.3 Å². The van der Waals surface area contributed by atoms with Gasteiger partial charge in [-0.1, -0.05) is 11.8 Å². The summed E-state index contributed by atoms with van der Waals surface area (Å²) in [4.78, 5) is 36.2. The molecule has 110 valence electrons. The van der Waals surface area contributed by atoms with Crippen LogP contribution in [0.3, 0.4) is 0 Å². The highest BCUT2D eigenvalue weighted by atomic mass is 32.2. The number of amides is 2. The van der Waals surface area contributed by atoms with Crippen LogP contribution in [0.25, 0.3) is 0 Å². The highest BCUT2D eigenvalue weighted by Gasteiger charge is 2.32. The Balaban J connectivity index is 1.79. The molecule has 0 aliphatic carbocycles. The van der Waals surface area contributed by atoms with Crippen molar-refractivity contribution in [3.05, 3.63) is 0 Å². The molecule has 0 aromatic carbocycles. The summed E-state index contributed by atoms with van der Waals surface area (Å²) < 4.78 is 0. The number of hydrazone groups is 1. The number of hydrogen-bond donors (Lipinski definition) is 1. The van der Waals surface area contributed by atoms with Gasteiger partial charge in [0.2, 0.25) is 11.8 Å². The number of carbonyl (C=O) groups is 3. The van der Waals surface area contributed by atoms with Crippen molar-refractivity contribution in [2.45, 2.75) is 26.7 Å². The summed E-state index contributed by atoms with van der Waals surface area (Å²) in [5.41, 5.74) is 3.23. The molecule has 1 N–H and O–H groups in total. The molecule has 0 radical (unpaired) electrons. The zero-order chi connectivity index (χ0) is 14.7. The number of nitrogens with zero attached hydrogens (tertiary/aromatic N) is 2. The summed E-state index contributed by atoms with van der Waals surface area (Å²) in [7, 11) is 0. The van der Waals surface area contributed by atoms with Gasteiger partial charge in [0.1, 0.15) is 0 Å². The van der Waals surface area contributed by atoms with E-state index in [4.69, 9.17) is 0 Å². The fourth-order valence-electron chi connectivity index (χ4n) is 2.53. The average Bonchev–Trinajstić information content (AvgIpc) is 2.89. The van der Waals surface area contributed by atoms with Crippen molar-refractivity contribution in [3.8, 4) is 0 Å². The molecule has 2 heterocycles. The van der Waals surface area contributed by atoms with E-state index in [0.717, 1.165) is 5.71 Å². The Labute approximate surface area is 122 Å². The Morgan fingerprint density at radius 2 is 2.25 bits per heavy atom. The summed E-state index contributed by atoms with van der Waals surface area (Å²) in [6.45, 7) is 4.62. The van der Waals surface area contributed by atoms with Crippen LogP contribution in [-0.4, -0.2) is 46.4 Å². The number of thioether (sulfide) groups is 1. The van der Waals surface area contributed by atoms with E-state index in [2.05, 4.69) is 10.5 Å². The van der Waals surface area contributed by atoms with Crippen molar-refractivity contribution in [1.29, 1.82) is 0 Å². The Morgan fingerprint density at radius 3 is 2.85 bits per heavy atom. The molecule has 2 aliphatic heterocycles. The molecule has 0 aromatic rings. The lowest BCUT2D eigenvalue weighted by Crippen LogP contribution is -2.31. The first-order valence-electron chi connectivity index (χ1n) is 6.72. The number of carbonyl (C=O) groups excluding carboxylic acids is 3. The van der Waals surface area contributed by atoms with Crippen molar-refractivity contribution >= 4 is 34.4 Å². The minimum absolute atomic E-state index is 0.0853. The zero-order valence-electron chi connectivity index (χ0n) is 11.7. The Hall–Kier alpha value is -1.37. The van der Waals surface area contributed by atoms with Crippen LogP contribution in [0.15, 0.2) is 5.10 Å². The van der Waals surface area contributed by atoms with Gasteiger partial charge in [0.05, 0.1) is 5.92 Å². The molecule has 7 heteroatoms. The van der Waals surface area contributed by atoms with Crippen LogP contribution >= 0.6 is 11.8 Å². The van der Waals surface area contributed by atoms with Crippen molar-refractivity contribution in [2.75, 3.05) is 18.8 Å². The van der Waals surface area contributed by atoms with E-state index in [1.54, 1.807) is 11.8 Å². The topological polar surface area (TPSA) is 78.8 Å². The third-order valence-corrected chi connectivity index (χ3v) is 4.71. The molecule has 1 saturated heterocycles. The minimum Gasteiger partial charge on any atom is -0.342 e. The van der Waals surface area contributed by atoms with E-state index in [0.29, 0.717) is 31.7 Å². The summed E-state index contributed by atoms with van der Waals surface area (Å²) in [6.07, 6.45) is 1.11. The molecule has 0 saturated carbocycles. The molecule has 2 amide bonds. The molecule has 6 nitrogen and oxygen atoms in total. The molecule has 0 aromatic heterocycles. The minimum atomic E-state index is -0.214. The lowest BCUT2D eigenvalue weighted by atomic mass is 10.0. The van der Waals surface area contributed by atoms with E-state index in [1.165, 1.54) is 11.8 Å². The smallest absolute Gasteiger partial charge is 0.248 e. The summed E-state index contributed by atoms with van der Waals surface area (Å²) in [5.74, 6) is 0.754. The van der Waals surface area contributed by atoms with E-state index < -0.39 is 0 Å². The maximum absolute atomic E-state index is 11.9. The van der Waals surface area contributed by atoms with Gasteiger partial charge >= 0.3 is 0 Å². The summed E-state index contributed by atoms with van der Waals surface area (Å²) in [5, 5.41) is 3.99. The molecule has 20 heavy (non-hydrogen) atoms. The van der Waals surface area contributed by atoms with Gasteiger partial charge in [-0.05, 0) is 19.3 Å². The van der Waals surface area contributed by atoms with Crippen LogP contribution in [0.4, 0.5) is 0 Å². The number of rotatable bonds is 5. The summed E-state index contributed by atoms with van der Waals surface area (Å²) >= 11 is 1.28. The molecule has 0 spiro atoms. The van der Waals surface area contributed by atoms with Gasteiger partial charge in [-0.3, -0.25) is 14.4 Å². The monoisotopic (exact) mass is 297 g/mol. The van der Waals surface area contributed by atoms with Gasteiger partial charge in [0.25, 0.3) is 0 Å². The number of nitrogens with one attached hydrogen (secondary N) is 1. The molecular weight excluding hydrogens is 278 g/mol. The zero-order valence-corrected chi connectivity index (χ0v) is 12.5. The van der Waals surface area contributed by atoms with Gasteiger partial charge in [0.15, 0.2) is 5.12 Å². The van der Waals surface area contributed by atoms with E-state index in [-0.39, 0.29) is 28.8 Å². The third-order valence-electron chi connectivity index (χ3n) is 3.67. The first-order valence-corrected chi connectivity index (χ1v) is 7.71. The summed E-state index contributed by atoms with van der Waals surface area (Å²) in [6, 6.07) is 0. The fourth-order valence-corrected chi connectivity index (χ4v) is 3.22. The van der Waals surface area contributed by atoms with Gasteiger partial charge in [0, 0.05) is 37.9 Å². The van der Waals surface area contributed by atoms with Crippen LogP contribution in [0.1, 0.15) is 26.7 Å². The predicted octanol–water partition coefficient (Wildman–Crippen LogP) is 0.627. The average molecular weight is 297 g/mol. The molecule has 2 unspecified atom stereocenters. The van der Waals surface area contributed by atoms with Gasteiger partial charge in [-0.25, -0.2) is 5.43 Å². The second-order valence-corrected chi connectivity index (χ2v) is 6.48. The quantitative estimate of drug-likeness (QED) is 0.807. The highest BCUT2D eigenvalue weighted by Crippen LogP contribution is 2.23. The van der Waals surface area contributed by atoms with Crippen LogP contribution in [0.5, 0.6) is 0 Å². The second-order valence-electron chi connectivity index (χ2n) is 5.28. The SMILES string of the molecule is CC(=O)SCC1CC(=O)N(CCC2C(=O)NN=C2C)C1. The van der Waals surface area contributed by atoms with Crippen molar-refractivity contribution < 1.29 is 14.4 Å². The maximum atomic E-state index is 11.9. The standard InChI is InChI=1S/C13H19N3O3S/c1-8-11(13(19)15-14-8)3-4-16-6-10(5-12(16)18)7-20-9(2)17/h10-11H,3-7H2,1-2H3,(H,15,19). The van der Waals surface area contributed by atoms with Crippen LogP contribution < -0.4 is 5.43 Å². The molecule has 2 atom stereocenters. The lowest BCUT2D eigenvalue weighted by molar-refractivity contribution is -0.128. The molecular formula is C13H19N3O3S. The van der Waals surface area contributed by atoms with Crippen LogP contribution in [0, 0.1) is 11.8 Å². The van der Waals surface area contributed by atoms with Crippen LogP contribution in [0.2, 0.25) is 0 Å². The van der Waals surface area contributed by atoms with E-state index in [1.807, 2.05) is 6.92 Å². The molecule has 1 fully saturated rings. The Kier molecular flexibility index (Phi) is 4.80. The molecule has 2 aliphatic rings. The number of hydrogen-bond acceptors (Lipinski definition) is 5. The van der Waals surface area contributed by atoms with E-state index in [9.17, 15) is 14.4 Å². The van der Waals surface area contributed by atoms with Gasteiger partial charge in [-0.2, -0.15) is 5.10 Å². The lowest BCUT2D eigenvalue weighted by Gasteiger charge is -2.18.